The van der Waals surface area contributed by atoms with Crippen molar-refractivity contribution in [1.29, 1.82) is 0 Å². The van der Waals surface area contributed by atoms with Crippen LogP contribution in [0.15, 0.2) is 0 Å². The fraction of sp³-hybridized carbons (Fsp3) is 0.909. The molecule has 14 heavy (non-hydrogen) atoms. The van der Waals surface area contributed by atoms with Crippen LogP contribution in [0.3, 0.4) is 0 Å². The van der Waals surface area contributed by atoms with E-state index in [0.29, 0.717) is 12.0 Å². The Morgan fingerprint density at radius 1 is 1.36 bits per heavy atom. The van der Waals surface area contributed by atoms with Crippen LogP contribution in [0.4, 0.5) is 4.79 Å². The molecule has 0 aromatic rings. The zero-order chi connectivity index (χ0) is 10.1. The van der Waals surface area contributed by atoms with Crippen LogP contribution >= 0.6 is 0 Å². The van der Waals surface area contributed by atoms with Gasteiger partial charge in [0.1, 0.15) is 0 Å². The van der Waals surface area contributed by atoms with Crippen LogP contribution in [0.25, 0.3) is 0 Å². The number of hydrogen-bond acceptors (Lipinski definition) is 1. The van der Waals surface area contributed by atoms with Gasteiger partial charge in [0.15, 0.2) is 0 Å². The maximum Gasteiger partial charge on any atom is 0.317 e. The van der Waals surface area contributed by atoms with Crippen LogP contribution in [0.5, 0.6) is 0 Å². The summed E-state index contributed by atoms with van der Waals surface area (Å²) in [6, 6.07) is 0.646. The van der Waals surface area contributed by atoms with Crippen molar-refractivity contribution in [2.24, 2.45) is 11.8 Å². The highest BCUT2D eigenvalue weighted by Crippen LogP contribution is 2.35. The molecule has 1 saturated carbocycles. The van der Waals surface area contributed by atoms with E-state index in [-0.39, 0.29) is 6.03 Å². The maximum absolute atomic E-state index is 11.6. The Morgan fingerprint density at radius 2 is 2.14 bits per heavy atom. The van der Waals surface area contributed by atoms with Crippen LogP contribution < -0.4 is 5.32 Å². The molecule has 3 heteroatoms. The first-order valence-corrected chi connectivity index (χ1v) is 5.74. The lowest BCUT2D eigenvalue weighted by molar-refractivity contribution is 0.143. The van der Waals surface area contributed by atoms with Crippen molar-refractivity contribution >= 4 is 6.03 Å². The van der Waals surface area contributed by atoms with Gasteiger partial charge in [-0.25, -0.2) is 4.79 Å². The third-order valence-corrected chi connectivity index (χ3v) is 3.94. The van der Waals surface area contributed by atoms with Crippen molar-refractivity contribution in [3.8, 4) is 0 Å². The zero-order valence-corrected chi connectivity index (χ0v) is 9.12. The molecule has 0 radical (unpaired) electrons. The molecule has 80 valence electrons. The van der Waals surface area contributed by atoms with Crippen molar-refractivity contribution in [3.63, 3.8) is 0 Å². The third-order valence-electron chi connectivity index (χ3n) is 3.94. The van der Waals surface area contributed by atoms with Gasteiger partial charge in [0.25, 0.3) is 0 Å². The summed E-state index contributed by atoms with van der Waals surface area (Å²) in [4.78, 5) is 13.7. The maximum atomic E-state index is 11.6. The minimum atomic E-state index is 0.155. The third kappa shape index (κ3) is 1.60. The molecular weight excluding hydrogens is 176 g/mol. The van der Waals surface area contributed by atoms with E-state index in [0.717, 1.165) is 25.4 Å². The fourth-order valence-corrected chi connectivity index (χ4v) is 2.74. The summed E-state index contributed by atoms with van der Waals surface area (Å²) in [5, 5.41) is 2.93. The molecule has 1 N–H and O–H groups in total. The lowest BCUT2D eigenvalue weighted by Gasteiger charge is -2.35. The van der Waals surface area contributed by atoms with Crippen molar-refractivity contribution in [3.05, 3.63) is 0 Å². The first-order chi connectivity index (χ1) is 6.70. The van der Waals surface area contributed by atoms with Crippen LogP contribution in [0, 0.1) is 11.8 Å². The smallest absolute Gasteiger partial charge is 0.317 e. The summed E-state index contributed by atoms with van der Waals surface area (Å²) in [6.45, 7) is 6.39. The van der Waals surface area contributed by atoms with Crippen molar-refractivity contribution in [2.75, 3.05) is 13.1 Å². The quantitative estimate of drug-likeness (QED) is 0.682. The lowest BCUT2D eigenvalue weighted by Crippen LogP contribution is -2.52. The second kappa shape index (κ2) is 3.79. The number of nitrogens with one attached hydrogen (secondary N) is 1. The fourth-order valence-electron chi connectivity index (χ4n) is 2.74. The van der Waals surface area contributed by atoms with E-state index in [1.807, 2.05) is 0 Å². The Labute approximate surface area is 85.8 Å². The van der Waals surface area contributed by atoms with Crippen molar-refractivity contribution < 1.29 is 4.79 Å². The minimum absolute atomic E-state index is 0.155. The zero-order valence-electron chi connectivity index (χ0n) is 9.12. The van der Waals surface area contributed by atoms with E-state index in [4.69, 9.17) is 0 Å². The molecular formula is C11H20N2O. The van der Waals surface area contributed by atoms with Gasteiger partial charge in [-0.3, -0.25) is 0 Å². The molecule has 2 fully saturated rings. The topological polar surface area (TPSA) is 32.3 Å². The molecule has 0 aromatic heterocycles. The molecule has 3 nitrogen and oxygen atoms in total. The molecule has 1 aliphatic carbocycles. The molecule has 0 aromatic carbocycles. The van der Waals surface area contributed by atoms with Crippen LogP contribution in [-0.4, -0.2) is 30.1 Å². The van der Waals surface area contributed by atoms with Crippen LogP contribution in [0.1, 0.15) is 33.1 Å². The largest absolute Gasteiger partial charge is 0.338 e. The molecule has 3 unspecified atom stereocenters. The van der Waals surface area contributed by atoms with Gasteiger partial charge in [-0.2, -0.15) is 0 Å². The summed E-state index contributed by atoms with van der Waals surface area (Å²) < 4.78 is 0. The molecule has 1 aliphatic heterocycles. The molecule has 2 amide bonds. The predicted octanol–water partition coefficient (Wildman–Crippen LogP) is 1.84. The van der Waals surface area contributed by atoms with Gasteiger partial charge in [0.05, 0.1) is 0 Å². The van der Waals surface area contributed by atoms with Gasteiger partial charge in [-0.15, -0.1) is 0 Å². The second-order valence-electron chi connectivity index (χ2n) is 4.76. The summed E-state index contributed by atoms with van der Waals surface area (Å²) >= 11 is 0. The average molecular weight is 196 g/mol. The first kappa shape index (κ1) is 9.81. The normalized spacial score (nSPS) is 38.6. The summed E-state index contributed by atoms with van der Waals surface area (Å²) in [6.07, 6.45) is 3.56. The Balaban J connectivity index is 2.03. The number of hydrogen-bond donors (Lipinski definition) is 1. The summed E-state index contributed by atoms with van der Waals surface area (Å²) in [5.41, 5.74) is 0. The molecule has 1 heterocycles. The van der Waals surface area contributed by atoms with Gasteiger partial charge in [-0.1, -0.05) is 13.8 Å². The van der Waals surface area contributed by atoms with Crippen molar-refractivity contribution in [2.45, 2.75) is 39.2 Å². The number of urea groups is 1. The molecule has 2 aliphatic rings. The van der Waals surface area contributed by atoms with E-state index >= 15 is 0 Å². The average Bonchev–Trinajstić information content (AvgIpc) is 2.49. The highest BCUT2D eigenvalue weighted by Gasteiger charge is 2.36. The Kier molecular flexibility index (Phi) is 2.66. The van der Waals surface area contributed by atoms with Crippen molar-refractivity contribution in [1.82, 2.24) is 10.2 Å². The van der Waals surface area contributed by atoms with Gasteiger partial charge >= 0.3 is 6.03 Å². The number of rotatable bonds is 1. The van der Waals surface area contributed by atoms with Gasteiger partial charge in [0, 0.05) is 19.1 Å². The summed E-state index contributed by atoms with van der Waals surface area (Å²) in [5.74, 6) is 1.44. The van der Waals surface area contributed by atoms with E-state index in [9.17, 15) is 4.79 Å². The molecule has 3 atom stereocenters. The Morgan fingerprint density at radius 3 is 2.71 bits per heavy atom. The lowest BCUT2D eigenvalue weighted by atomic mass is 9.96. The molecule has 1 saturated heterocycles. The monoisotopic (exact) mass is 196 g/mol. The first-order valence-electron chi connectivity index (χ1n) is 5.74. The number of nitrogens with zero attached hydrogens (tertiary/aromatic N) is 1. The van der Waals surface area contributed by atoms with E-state index in [1.165, 1.54) is 12.8 Å². The molecule has 2 rings (SSSR count). The SMILES string of the molecule is CC1CCC(N2CCCNC2=O)C1C. The molecule has 0 bridgehead atoms. The van der Waals surface area contributed by atoms with Gasteiger partial charge in [-0.05, 0) is 31.1 Å². The highest BCUT2D eigenvalue weighted by molar-refractivity contribution is 5.75. The van der Waals surface area contributed by atoms with E-state index < -0.39 is 0 Å². The van der Waals surface area contributed by atoms with Crippen LogP contribution in [-0.2, 0) is 0 Å². The standard InChI is InChI=1S/C11H20N2O/c1-8-4-5-10(9(8)2)13-7-3-6-12-11(13)14/h8-10H,3-7H2,1-2H3,(H,12,14). The van der Waals surface area contributed by atoms with Gasteiger partial charge < -0.3 is 10.2 Å². The highest BCUT2D eigenvalue weighted by atomic mass is 16.2. The number of carbonyl (C=O) groups excluding carboxylic acids is 1. The van der Waals surface area contributed by atoms with E-state index in [2.05, 4.69) is 24.1 Å². The van der Waals surface area contributed by atoms with Gasteiger partial charge in [0.2, 0.25) is 0 Å². The Bertz CT molecular complexity index is 229. The predicted molar refractivity (Wildman–Crippen MR) is 56.1 cm³/mol. The minimum Gasteiger partial charge on any atom is -0.338 e. The summed E-state index contributed by atoms with van der Waals surface area (Å²) in [7, 11) is 0. The van der Waals surface area contributed by atoms with Crippen LogP contribution in [0.2, 0.25) is 0 Å². The molecule has 0 spiro atoms. The number of amides is 2. The second-order valence-corrected chi connectivity index (χ2v) is 4.76. The van der Waals surface area contributed by atoms with E-state index in [1.54, 1.807) is 0 Å². The number of carbonyl (C=O) groups is 1. The Hall–Kier alpha value is -0.730.